The number of halogens is 1. The van der Waals surface area contributed by atoms with E-state index in [0.717, 1.165) is 37.6 Å². The van der Waals surface area contributed by atoms with Crippen LogP contribution in [0.25, 0.3) is 0 Å². The van der Waals surface area contributed by atoms with E-state index in [1.807, 2.05) is 0 Å². The molecule has 2 rings (SSSR count). The summed E-state index contributed by atoms with van der Waals surface area (Å²) in [5.41, 5.74) is -0.0774. The number of sulfonamides is 1. The minimum atomic E-state index is -4.05. The molecule has 0 aromatic heterocycles. The van der Waals surface area contributed by atoms with Crippen molar-refractivity contribution in [2.45, 2.75) is 30.3 Å². The maximum Gasteiger partial charge on any atom is 0.251 e. The van der Waals surface area contributed by atoms with Crippen molar-refractivity contribution in [3.63, 3.8) is 0 Å². The fourth-order valence-electron chi connectivity index (χ4n) is 2.18. The molecule has 116 valence electrons. The highest BCUT2D eigenvalue weighted by Gasteiger charge is 2.17. The molecule has 0 bridgehead atoms. The van der Waals surface area contributed by atoms with Crippen LogP contribution in [-0.4, -0.2) is 33.6 Å². The van der Waals surface area contributed by atoms with E-state index in [1.54, 1.807) is 0 Å². The molecule has 1 aromatic rings. The Morgan fingerprint density at radius 1 is 1.43 bits per heavy atom. The van der Waals surface area contributed by atoms with E-state index in [2.05, 4.69) is 5.32 Å². The van der Waals surface area contributed by atoms with Crippen LogP contribution in [-0.2, 0) is 14.8 Å². The first kappa shape index (κ1) is 15.9. The Labute approximate surface area is 122 Å². The molecule has 0 aliphatic carbocycles. The van der Waals surface area contributed by atoms with Crippen molar-refractivity contribution in [3.8, 4) is 0 Å². The molecule has 1 saturated heterocycles. The van der Waals surface area contributed by atoms with Gasteiger partial charge in [0.15, 0.2) is 0 Å². The smallest absolute Gasteiger partial charge is 0.251 e. The molecule has 1 amide bonds. The third-order valence-electron chi connectivity index (χ3n) is 3.24. The Morgan fingerprint density at radius 2 is 2.19 bits per heavy atom. The van der Waals surface area contributed by atoms with Crippen molar-refractivity contribution in [2.75, 3.05) is 13.2 Å². The molecular formula is C13H17FN2O4S. The van der Waals surface area contributed by atoms with Gasteiger partial charge >= 0.3 is 0 Å². The van der Waals surface area contributed by atoms with E-state index in [-0.39, 0.29) is 11.7 Å². The number of hydrogen-bond donors (Lipinski definition) is 2. The van der Waals surface area contributed by atoms with Gasteiger partial charge in [-0.3, -0.25) is 4.79 Å². The number of benzene rings is 1. The number of amides is 1. The highest BCUT2D eigenvalue weighted by atomic mass is 32.2. The second-order valence-electron chi connectivity index (χ2n) is 4.90. The lowest BCUT2D eigenvalue weighted by Crippen LogP contribution is -2.27. The van der Waals surface area contributed by atoms with E-state index < -0.39 is 26.6 Å². The number of primary sulfonamides is 1. The zero-order valence-electron chi connectivity index (χ0n) is 11.3. The summed E-state index contributed by atoms with van der Waals surface area (Å²) in [6.45, 7) is 1.12. The average molecular weight is 316 g/mol. The van der Waals surface area contributed by atoms with Gasteiger partial charge in [0, 0.05) is 18.7 Å². The minimum Gasteiger partial charge on any atom is -0.378 e. The Morgan fingerprint density at radius 3 is 2.81 bits per heavy atom. The molecule has 0 spiro atoms. The molecule has 6 nitrogen and oxygen atoms in total. The Balaban J connectivity index is 2.00. The van der Waals surface area contributed by atoms with Crippen molar-refractivity contribution in [1.82, 2.24) is 5.32 Å². The monoisotopic (exact) mass is 316 g/mol. The standard InChI is InChI=1S/C13H17FN2O4S/c14-10-6-9(7-12(8-10)21(15,18)19)13(17)16-4-3-11-2-1-5-20-11/h6-8,11H,1-5H2,(H,16,17)(H2,15,18,19). The van der Waals surface area contributed by atoms with Gasteiger partial charge in [0.25, 0.3) is 5.91 Å². The number of nitrogens with one attached hydrogen (secondary N) is 1. The molecule has 1 aliphatic rings. The van der Waals surface area contributed by atoms with Gasteiger partial charge in [-0.25, -0.2) is 17.9 Å². The van der Waals surface area contributed by atoms with Gasteiger partial charge in [-0.15, -0.1) is 0 Å². The summed E-state index contributed by atoms with van der Waals surface area (Å²) in [7, 11) is -4.05. The van der Waals surface area contributed by atoms with Gasteiger partial charge < -0.3 is 10.1 Å². The van der Waals surface area contributed by atoms with Crippen LogP contribution in [0.5, 0.6) is 0 Å². The number of ether oxygens (including phenoxy) is 1. The number of rotatable bonds is 5. The van der Waals surface area contributed by atoms with Crippen molar-refractivity contribution < 1.29 is 22.3 Å². The maximum absolute atomic E-state index is 13.4. The van der Waals surface area contributed by atoms with Crippen LogP contribution in [0.2, 0.25) is 0 Å². The van der Waals surface area contributed by atoms with Gasteiger partial charge in [0.2, 0.25) is 10.0 Å². The van der Waals surface area contributed by atoms with Gasteiger partial charge in [0.05, 0.1) is 11.0 Å². The summed E-state index contributed by atoms with van der Waals surface area (Å²) in [6, 6.07) is 2.80. The minimum absolute atomic E-state index is 0.0774. The highest BCUT2D eigenvalue weighted by molar-refractivity contribution is 7.89. The molecule has 21 heavy (non-hydrogen) atoms. The summed E-state index contributed by atoms with van der Waals surface area (Å²) in [5.74, 6) is -1.37. The molecule has 1 aromatic carbocycles. The quantitative estimate of drug-likeness (QED) is 0.838. The van der Waals surface area contributed by atoms with E-state index >= 15 is 0 Å². The maximum atomic E-state index is 13.4. The lowest BCUT2D eigenvalue weighted by molar-refractivity contribution is 0.0906. The van der Waals surface area contributed by atoms with Crippen molar-refractivity contribution in [2.24, 2.45) is 5.14 Å². The van der Waals surface area contributed by atoms with Gasteiger partial charge in [-0.1, -0.05) is 0 Å². The molecule has 3 N–H and O–H groups in total. The van der Waals surface area contributed by atoms with Crippen LogP contribution in [0.3, 0.4) is 0 Å². The predicted molar refractivity (Wildman–Crippen MR) is 73.7 cm³/mol. The summed E-state index contributed by atoms with van der Waals surface area (Å²) < 4.78 is 41.2. The molecular weight excluding hydrogens is 299 g/mol. The summed E-state index contributed by atoms with van der Waals surface area (Å²) >= 11 is 0. The Hall–Kier alpha value is -1.51. The van der Waals surface area contributed by atoms with Gasteiger partial charge in [-0.2, -0.15) is 0 Å². The van der Waals surface area contributed by atoms with E-state index in [0.29, 0.717) is 13.0 Å². The average Bonchev–Trinajstić information content (AvgIpc) is 2.90. The van der Waals surface area contributed by atoms with Crippen LogP contribution in [0.1, 0.15) is 29.6 Å². The third-order valence-corrected chi connectivity index (χ3v) is 4.13. The zero-order chi connectivity index (χ0) is 15.5. The van der Waals surface area contributed by atoms with Crippen LogP contribution < -0.4 is 10.5 Å². The number of carbonyl (C=O) groups is 1. The Bertz CT molecular complexity index is 627. The number of carbonyl (C=O) groups excluding carboxylic acids is 1. The van der Waals surface area contributed by atoms with Crippen molar-refractivity contribution in [3.05, 3.63) is 29.6 Å². The van der Waals surface area contributed by atoms with Crippen molar-refractivity contribution in [1.29, 1.82) is 0 Å². The van der Waals surface area contributed by atoms with Gasteiger partial charge in [-0.05, 0) is 37.5 Å². The normalized spacial score (nSPS) is 18.7. The summed E-state index contributed by atoms with van der Waals surface area (Å²) in [6.07, 6.45) is 2.78. The van der Waals surface area contributed by atoms with Crippen LogP contribution in [0, 0.1) is 5.82 Å². The molecule has 1 fully saturated rings. The lowest BCUT2D eigenvalue weighted by atomic mass is 10.1. The fourth-order valence-corrected chi connectivity index (χ4v) is 2.75. The predicted octanol–water partition coefficient (Wildman–Crippen LogP) is 0.772. The number of nitrogens with two attached hydrogens (primary N) is 1. The van der Waals surface area contributed by atoms with Gasteiger partial charge in [0.1, 0.15) is 5.82 Å². The third kappa shape index (κ3) is 4.48. The molecule has 1 atom stereocenters. The number of hydrogen-bond acceptors (Lipinski definition) is 4. The SMILES string of the molecule is NS(=O)(=O)c1cc(F)cc(C(=O)NCCC2CCCO2)c1. The highest BCUT2D eigenvalue weighted by Crippen LogP contribution is 2.15. The molecule has 0 radical (unpaired) electrons. The first-order valence-corrected chi connectivity index (χ1v) is 8.14. The lowest BCUT2D eigenvalue weighted by Gasteiger charge is -2.10. The summed E-state index contributed by atoms with van der Waals surface area (Å²) in [5, 5.41) is 7.55. The Kier molecular flexibility index (Phi) is 4.92. The van der Waals surface area contributed by atoms with Crippen molar-refractivity contribution >= 4 is 15.9 Å². The molecule has 1 aliphatic heterocycles. The first-order valence-electron chi connectivity index (χ1n) is 6.59. The van der Waals surface area contributed by atoms with Crippen LogP contribution in [0.4, 0.5) is 4.39 Å². The second-order valence-corrected chi connectivity index (χ2v) is 6.46. The molecule has 1 heterocycles. The second kappa shape index (κ2) is 6.50. The van der Waals surface area contributed by atoms with E-state index in [9.17, 15) is 17.6 Å². The first-order chi connectivity index (χ1) is 9.86. The largest absolute Gasteiger partial charge is 0.378 e. The van der Waals surface area contributed by atoms with E-state index in [4.69, 9.17) is 9.88 Å². The zero-order valence-corrected chi connectivity index (χ0v) is 12.2. The molecule has 1 unspecified atom stereocenters. The topological polar surface area (TPSA) is 98.5 Å². The molecule has 8 heteroatoms. The van der Waals surface area contributed by atoms with Crippen LogP contribution in [0.15, 0.2) is 23.1 Å². The fraction of sp³-hybridized carbons (Fsp3) is 0.462. The van der Waals surface area contributed by atoms with Crippen LogP contribution >= 0.6 is 0 Å². The van der Waals surface area contributed by atoms with E-state index in [1.165, 1.54) is 0 Å². The molecule has 0 saturated carbocycles. The summed E-state index contributed by atoms with van der Waals surface area (Å²) in [4.78, 5) is 11.5.